The summed E-state index contributed by atoms with van der Waals surface area (Å²) in [6.07, 6.45) is 1.71. The number of ether oxygens (including phenoxy) is 2. The van der Waals surface area contributed by atoms with Crippen LogP contribution in [0.3, 0.4) is 0 Å². The molecule has 2 heterocycles. The largest absolute Gasteiger partial charge is 0.474 e. The van der Waals surface area contributed by atoms with E-state index in [4.69, 9.17) is 21.1 Å². The fourth-order valence-electron chi connectivity index (χ4n) is 1.82. The second-order valence-electron chi connectivity index (χ2n) is 5.71. The molecule has 1 N–H and O–H groups in total. The summed E-state index contributed by atoms with van der Waals surface area (Å²) in [6, 6.07) is 3.34. The Morgan fingerprint density at radius 2 is 2.25 bits per heavy atom. The van der Waals surface area contributed by atoms with E-state index in [1.54, 1.807) is 18.3 Å². The van der Waals surface area contributed by atoms with Crippen molar-refractivity contribution < 1.29 is 14.3 Å². The second-order valence-corrected chi connectivity index (χ2v) is 6.07. The van der Waals surface area contributed by atoms with Gasteiger partial charge in [0.1, 0.15) is 5.60 Å². The minimum atomic E-state index is -0.718. The number of rotatable bonds is 4. The van der Waals surface area contributed by atoms with Crippen LogP contribution in [-0.4, -0.2) is 35.2 Å². The van der Waals surface area contributed by atoms with Gasteiger partial charge < -0.3 is 14.8 Å². The highest BCUT2D eigenvalue weighted by atomic mass is 35.5. The first-order valence-electron chi connectivity index (χ1n) is 6.60. The average molecular weight is 299 g/mol. The van der Waals surface area contributed by atoms with Crippen LogP contribution in [-0.2, 0) is 9.53 Å². The van der Waals surface area contributed by atoms with Crippen molar-refractivity contribution in [3.05, 3.63) is 23.5 Å². The van der Waals surface area contributed by atoms with Gasteiger partial charge in [-0.3, -0.25) is 0 Å². The normalized spacial score (nSPS) is 19.9. The molecule has 0 bridgehead atoms. The van der Waals surface area contributed by atoms with Crippen molar-refractivity contribution in [3.63, 3.8) is 0 Å². The van der Waals surface area contributed by atoms with Gasteiger partial charge in [0.15, 0.2) is 10.9 Å². The van der Waals surface area contributed by atoms with Crippen LogP contribution in [0.5, 0.6) is 5.75 Å². The summed E-state index contributed by atoms with van der Waals surface area (Å²) in [4.78, 5) is 16.2. The predicted molar refractivity (Wildman–Crippen MR) is 75.9 cm³/mol. The molecule has 1 saturated heterocycles. The van der Waals surface area contributed by atoms with Crippen LogP contribution < -0.4 is 10.1 Å². The highest BCUT2D eigenvalue weighted by Crippen LogP contribution is 2.25. The number of carbonyl (C=O) groups excluding carboxylic acids is 1. The number of esters is 1. The van der Waals surface area contributed by atoms with Crippen LogP contribution in [0.2, 0.25) is 5.15 Å². The molecule has 0 radical (unpaired) electrons. The van der Waals surface area contributed by atoms with Gasteiger partial charge in [-0.2, -0.15) is 0 Å². The lowest BCUT2D eigenvalue weighted by atomic mass is 10.0. The van der Waals surface area contributed by atoms with Crippen molar-refractivity contribution in [2.24, 2.45) is 0 Å². The summed E-state index contributed by atoms with van der Waals surface area (Å²) >= 11 is 5.96. The monoisotopic (exact) mass is 298 g/mol. The molecule has 0 saturated carbocycles. The van der Waals surface area contributed by atoms with E-state index in [-0.39, 0.29) is 11.2 Å². The van der Waals surface area contributed by atoms with Crippen LogP contribution in [0.1, 0.15) is 27.2 Å². The van der Waals surface area contributed by atoms with Gasteiger partial charge >= 0.3 is 5.97 Å². The molecule has 1 unspecified atom stereocenters. The Bertz CT molecular complexity index is 484. The van der Waals surface area contributed by atoms with Crippen LogP contribution in [0, 0.1) is 0 Å². The van der Waals surface area contributed by atoms with Crippen LogP contribution in [0.15, 0.2) is 18.3 Å². The number of pyridine rings is 1. The quantitative estimate of drug-likeness (QED) is 0.682. The van der Waals surface area contributed by atoms with Gasteiger partial charge in [0.2, 0.25) is 6.10 Å². The molecule has 1 fully saturated rings. The maximum atomic E-state index is 12.3. The Morgan fingerprint density at radius 3 is 2.75 bits per heavy atom. The van der Waals surface area contributed by atoms with E-state index in [9.17, 15) is 4.79 Å². The Morgan fingerprint density at radius 1 is 1.55 bits per heavy atom. The molecular formula is C14H19ClN2O3. The van der Waals surface area contributed by atoms with E-state index in [1.165, 1.54) is 0 Å². The van der Waals surface area contributed by atoms with E-state index in [2.05, 4.69) is 10.3 Å². The molecule has 0 amide bonds. The molecule has 5 nitrogen and oxygen atoms in total. The number of hydrogen-bond acceptors (Lipinski definition) is 5. The summed E-state index contributed by atoms with van der Waals surface area (Å²) in [7, 11) is 0. The Labute approximate surface area is 123 Å². The summed E-state index contributed by atoms with van der Waals surface area (Å²) < 4.78 is 11.1. The maximum absolute atomic E-state index is 12.3. The summed E-state index contributed by atoms with van der Waals surface area (Å²) in [5.41, 5.74) is -0.554. The third-order valence-electron chi connectivity index (χ3n) is 2.85. The van der Waals surface area contributed by atoms with Crippen molar-refractivity contribution in [1.82, 2.24) is 10.3 Å². The minimum absolute atomic E-state index is 0.0545. The first-order chi connectivity index (χ1) is 9.37. The number of halogens is 1. The average Bonchev–Trinajstić information content (AvgIpc) is 2.26. The zero-order chi connectivity index (χ0) is 14.8. The molecule has 0 spiro atoms. The topological polar surface area (TPSA) is 60.5 Å². The van der Waals surface area contributed by atoms with Crippen molar-refractivity contribution in [3.8, 4) is 5.75 Å². The molecule has 0 aromatic carbocycles. The summed E-state index contributed by atoms with van der Waals surface area (Å²) in [5.74, 6) is -0.00616. The van der Waals surface area contributed by atoms with Crippen molar-refractivity contribution in [2.45, 2.75) is 44.9 Å². The molecule has 2 atom stereocenters. The van der Waals surface area contributed by atoms with Gasteiger partial charge in [0, 0.05) is 6.20 Å². The summed E-state index contributed by atoms with van der Waals surface area (Å²) in [5, 5.41) is 3.40. The van der Waals surface area contributed by atoms with E-state index in [0.29, 0.717) is 5.75 Å². The van der Waals surface area contributed by atoms with Crippen LogP contribution in [0.4, 0.5) is 0 Å². The third kappa shape index (κ3) is 3.84. The number of carbonyl (C=O) groups is 1. The molecule has 1 aliphatic heterocycles. The fraction of sp³-hybridized carbons (Fsp3) is 0.571. The SMILES string of the molecule is CC(C)(C)OC(=O)C(Oc1cccnc1Cl)[C@@H]1CCN1. The number of hydrogen-bond donors (Lipinski definition) is 1. The summed E-state index contributed by atoms with van der Waals surface area (Å²) in [6.45, 7) is 6.35. The third-order valence-corrected chi connectivity index (χ3v) is 3.13. The van der Waals surface area contributed by atoms with Gasteiger partial charge in [0.05, 0.1) is 6.04 Å². The number of aromatic nitrogens is 1. The molecular weight excluding hydrogens is 280 g/mol. The van der Waals surface area contributed by atoms with Crippen molar-refractivity contribution in [1.29, 1.82) is 0 Å². The molecule has 20 heavy (non-hydrogen) atoms. The maximum Gasteiger partial charge on any atom is 0.349 e. The van der Waals surface area contributed by atoms with E-state index < -0.39 is 17.7 Å². The second kappa shape index (κ2) is 5.97. The van der Waals surface area contributed by atoms with Crippen molar-refractivity contribution in [2.75, 3.05) is 6.54 Å². The zero-order valence-corrected chi connectivity index (χ0v) is 12.6. The van der Waals surface area contributed by atoms with Crippen LogP contribution >= 0.6 is 11.6 Å². The fourth-order valence-corrected chi connectivity index (χ4v) is 1.98. The highest BCUT2D eigenvalue weighted by Gasteiger charge is 2.37. The number of nitrogens with zero attached hydrogens (tertiary/aromatic N) is 1. The lowest BCUT2D eigenvalue weighted by molar-refractivity contribution is -0.165. The molecule has 6 heteroatoms. The molecule has 1 aliphatic rings. The molecule has 110 valence electrons. The molecule has 1 aromatic heterocycles. The van der Waals surface area contributed by atoms with Gasteiger partial charge in [-0.15, -0.1) is 0 Å². The van der Waals surface area contributed by atoms with E-state index >= 15 is 0 Å². The smallest absolute Gasteiger partial charge is 0.349 e. The Hall–Kier alpha value is -1.33. The van der Waals surface area contributed by atoms with E-state index in [0.717, 1.165) is 13.0 Å². The van der Waals surface area contributed by atoms with Gasteiger partial charge in [-0.25, -0.2) is 9.78 Å². The molecule has 1 aromatic rings. The lowest BCUT2D eigenvalue weighted by Gasteiger charge is -2.35. The first kappa shape index (κ1) is 15.1. The van der Waals surface area contributed by atoms with E-state index in [1.807, 2.05) is 20.8 Å². The van der Waals surface area contributed by atoms with Crippen molar-refractivity contribution >= 4 is 17.6 Å². The predicted octanol–water partition coefficient (Wildman–Crippen LogP) is 2.19. The van der Waals surface area contributed by atoms with Gasteiger partial charge in [-0.05, 0) is 45.9 Å². The highest BCUT2D eigenvalue weighted by molar-refractivity contribution is 6.30. The van der Waals surface area contributed by atoms with Crippen LogP contribution in [0.25, 0.3) is 0 Å². The lowest BCUT2D eigenvalue weighted by Crippen LogP contribution is -2.57. The number of nitrogens with one attached hydrogen (secondary N) is 1. The first-order valence-corrected chi connectivity index (χ1v) is 6.98. The standard InChI is InChI=1S/C14H19ClN2O3/c1-14(2,3)20-13(18)11(9-6-8-16-9)19-10-5-4-7-17-12(10)15/h4-5,7,9,11,16H,6,8H2,1-3H3/t9-,11?/m0/s1. The molecule has 2 rings (SSSR count). The molecule has 0 aliphatic carbocycles. The Kier molecular flexibility index (Phi) is 4.50. The minimum Gasteiger partial charge on any atom is -0.474 e. The van der Waals surface area contributed by atoms with Gasteiger partial charge in [0.25, 0.3) is 0 Å². The Balaban J connectivity index is 2.12. The zero-order valence-electron chi connectivity index (χ0n) is 11.9. The van der Waals surface area contributed by atoms with Gasteiger partial charge in [-0.1, -0.05) is 11.6 Å².